The number of nitrogens with zero attached hydrogens (tertiary/aromatic N) is 1. The van der Waals surface area contributed by atoms with Gasteiger partial charge in [-0.2, -0.15) is 0 Å². The van der Waals surface area contributed by atoms with Gasteiger partial charge in [-0.25, -0.2) is 0 Å². The van der Waals surface area contributed by atoms with Gasteiger partial charge in [0.2, 0.25) is 0 Å². The number of thiocarbonyl (C=S) groups is 1. The van der Waals surface area contributed by atoms with Gasteiger partial charge in [0.25, 0.3) is 0 Å². The van der Waals surface area contributed by atoms with Crippen molar-refractivity contribution >= 4 is 17.2 Å². The van der Waals surface area contributed by atoms with E-state index >= 15 is 0 Å². The van der Waals surface area contributed by atoms with E-state index in [2.05, 4.69) is 18.7 Å². The summed E-state index contributed by atoms with van der Waals surface area (Å²) >= 11 is 4.76. The minimum atomic E-state index is 0.572. The highest BCUT2D eigenvalue weighted by Crippen LogP contribution is 1.94. The first kappa shape index (κ1) is 9.85. The molecule has 0 aromatic heterocycles. The largest absolute Gasteiger partial charge is 0.392 e. The van der Waals surface area contributed by atoms with E-state index in [-0.39, 0.29) is 0 Å². The summed E-state index contributed by atoms with van der Waals surface area (Å²) in [4.78, 5) is 2.70. The number of nitrogens with two attached hydrogens (primary N) is 1. The van der Waals surface area contributed by atoms with E-state index in [1.807, 2.05) is 7.05 Å². The van der Waals surface area contributed by atoms with Crippen LogP contribution >= 0.6 is 12.2 Å². The predicted molar refractivity (Wildman–Crippen MR) is 49.1 cm³/mol. The Kier molecular flexibility index (Phi) is 4.56. The van der Waals surface area contributed by atoms with Crippen LogP contribution in [0, 0.1) is 5.92 Å². The molecule has 0 fully saturated rings. The average Bonchev–Trinajstić information content (AvgIpc) is 1.58. The quantitative estimate of drug-likeness (QED) is 0.619. The van der Waals surface area contributed by atoms with E-state index < -0.39 is 0 Å². The molecule has 0 bridgehead atoms. The Hall–Kier alpha value is -0.150. The Morgan fingerprint density at radius 1 is 1.60 bits per heavy atom. The third-order valence-corrected chi connectivity index (χ3v) is 1.23. The average molecular weight is 160 g/mol. The van der Waals surface area contributed by atoms with Crippen LogP contribution in [-0.4, -0.2) is 30.0 Å². The van der Waals surface area contributed by atoms with Gasteiger partial charge in [-0.05, 0) is 13.0 Å². The first-order valence-corrected chi connectivity index (χ1v) is 3.90. The minimum absolute atomic E-state index is 0.572. The fraction of sp³-hybridized carbons (Fsp3) is 0.857. The van der Waals surface area contributed by atoms with Crippen molar-refractivity contribution in [1.82, 2.24) is 4.90 Å². The molecule has 2 nitrogen and oxygen atoms in total. The molecule has 2 N–H and O–H groups in total. The summed E-state index contributed by atoms with van der Waals surface area (Å²) in [5.41, 5.74) is 5.36. The molecule has 0 amide bonds. The highest BCUT2D eigenvalue weighted by Gasteiger charge is 2.01. The van der Waals surface area contributed by atoms with E-state index in [4.69, 9.17) is 18.0 Å². The SMILES string of the molecule is CC(C)CN(C)CC(N)=S. The first-order chi connectivity index (χ1) is 4.52. The third-order valence-electron chi connectivity index (χ3n) is 1.10. The second-order valence-corrected chi connectivity index (χ2v) is 3.58. The van der Waals surface area contributed by atoms with Crippen LogP contribution in [0.25, 0.3) is 0 Å². The summed E-state index contributed by atoms with van der Waals surface area (Å²) < 4.78 is 0. The van der Waals surface area contributed by atoms with E-state index in [0.717, 1.165) is 13.1 Å². The molecule has 0 unspecified atom stereocenters. The molecule has 0 aliphatic rings. The fourth-order valence-corrected chi connectivity index (χ4v) is 1.17. The van der Waals surface area contributed by atoms with Crippen molar-refractivity contribution < 1.29 is 0 Å². The zero-order chi connectivity index (χ0) is 8.15. The minimum Gasteiger partial charge on any atom is -0.392 e. The monoisotopic (exact) mass is 160 g/mol. The lowest BCUT2D eigenvalue weighted by Gasteiger charge is -2.17. The van der Waals surface area contributed by atoms with Crippen LogP contribution in [0.15, 0.2) is 0 Å². The lowest BCUT2D eigenvalue weighted by Crippen LogP contribution is -2.31. The number of hydrogen-bond acceptors (Lipinski definition) is 2. The molecule has 0 saturated carbocycles. The van der Waals surface area contributed by atoms with Gasteiger partial charge in [0.05, 0.1) is 4.99 Å². The van der Waals surface area contributed by atoms with Crippen molar-refractivity contribution in [1.29, 1.82) is 0 Å². The Bertz CT molecular complexity index is 112. The van der Waals surface area contributed by atoms with Crippen LogP contribution in [0.4, 0.5) is 0 Å². The molecule has 3 heteroatoms. The van der Waals surface area contributed by atoms with Crippen LogP contribution < -0.4 is 5.73 Å². The van der Waals surface area contributed by atoms with Crippen LogP contribution in [-0.2, 0) is 0 Å². The molecule has 0 rings (SSSR count). The van der Waals surface area contributed by atoms with Crippen molar-refractivity contribution in [3.05, 3.63) is 0 Å². The topological polar surface area (TPSA) is 29.3 Å². The van der Waals surface area contributed by atoms with E-state index in [9.17, 15) is 0 Å². The van der Waals surface area contributed by atoms with Gasteiger partial charge >= 0.3 is 0 Å². The Morgan fingerprint density at radius 2 is 2.10 bits per heavy atom. The van der Waals surface area contributed by atoms with E-state index in [0.29, 0.717) is 10.9 Å². The molecule has 0 spiro atoms. The summed E-state index contributed by atoms with van der Waals surface area (Å²) in [5, 5.41) is 0. The summed E-state index contributed by atoms with van der Waals surface area (Å²) in [7, 11) is 2.03. The second kappa shape index (κ2) is 4.63. The summed E-state index contributed by atoms with van der Waals surface area (Å²) in [6.45, 7) is 6.14. The molecule has 0 aliphatic carbocycles. The maximum atomic E-state index is 5.36. The lowest BCUT2D eigenvalue weighted by atomic mass is 10.2. The fourth-order valence-electron chi connectivity index (χ4n) is 0.954. The molecule has 0 radical (unpaired) electrons. The van der Waals surface area contributed by atoms with Crippen LogP contribution in [0.1, 0.15) is 13.8 Å². The highest BCUT2D eigenvalue weighted by atomic mass is 32.1. The molecular weight excluding hydrogens is 144 g/mol. The normalized spacial score (nSPS) is 10.9. The van der Waals surface area contributed by atoms with Gasteiger partial charge in [-0.1, -0.05) is 26.1 Å². The van der Waals surface area contributed by atoms with Gasteiger partial charge in [-0.3, -0.25) is 4.90 Å². The maximum absolute atomic E-state index is 5.36. The summed E-state index contributed by atoms with van der Waals surface area (Å²) in [5.74, 6) is 0.680. The molecule has 0 aliphatic heterocycles. The molecule has 10 heavy (non-hydrogen) atoms. The van der Waals surface area contributed by atoms with Gasteiger partial charge in [-0.15, -0.1) is 0 Å². The zero-order valence-corrected chi connectivity index (χ0v) is 7.74. The second-order valence-electron chi connectivity index (χ2n) is 3.06. The number of rotatable bonds is 4. The highest BCUT2D eigenvalue weighted by molar-refractivity contribution is 7.80. The van der Waals surface area contributed by atoms with Crippen molar-refractivity contribution in [2.24, 2.45) is 11.7 Å². The van der Waals surface area contributed by atoms with Crippen LogP contribution in [0.3, 0.4) is 0 Å². The molecule has 0 aromatic carbocycles. The number of hydrogen-bond donors (Lipinski definition) is 1. The molecule has 0 heterocycles. The predicted octanol–water partition coefficient (Wildman–Crippen LogP) is 0.860. The van der Waals surface area contributed by atoms with Crippen molar-refractivity contribution in [3.63, 3.8) is 0 Å². The summed E-state index contributed by atoms with van der Waals surface area (Å²) in [6, 6.07) is 0. The number of likely N-dealkylation sites (N-methyl/N-ethyl adjacent to an activating group) is 1. The maximum Gasteiger partial charge on any atom is 0.0869 e. The zero-order valence-electron chi connectivity index (χ0n) is 6.92. The Labute approximate surface area is 68.4 Å². The Balaban J connectivity index is 3.43. The summed E-state index contributed by atoms with van der Waals surface area (Å²) in [6.07, 6.45) is 0. The van der Waals surface area contributed by atoms with Crippen LogP contribution in [0.2, 0.25) is 0 Å². The molecule has 0 atom stereocenters. The van der Waals surface area contributed by atoms with Crippen molar-refractivity contribution in [2.75, 3.05) is 20.1 Å². The van der Waals surface area contributed by atoms with E-state index in [1.54, 1.807) is 0 Å². The smallest absolute Gasteiger partial charge is 0.0869 e. The van der Waals surface area contributed by atoms with Gasteiger partial charge in [0.15, 0.2) is 0 Å². The third kappa shape index (κ3) is 5.98. The van der Waals surface area contributed by atoms with E-state index in [1.165, 1.54) is 0 Å². The van der Waals surface area contributed by atoms with Crippen molar-refractivity contribution in [3.8, 4) is 0 Å². The first-order valence-electron chi connectivity index (χ1n) is 3.49. The van der Waals surface area contributed by atoms with Crippen LogP contribution in [0.5, 0.6) is 0 Å². The standard InChI is InChI=1S/C7H16N2S/c1-6(2)4-9(3)5-7(8)10/h6H,4-5H2,1-3H3,(H2,8,10). The molecule has 60 valence electrons. The Morgan fingerprint density at radius 3 is 2.40 bits per heavy atom. The molecule has 0 saturated heterocycles. The molecular formula is C7H16N2S. The van der Waals surface area contributed by atoms with Gasteiger partial charge in [0.1, 0.15) is 0 Å². The lowest BCUT2D eigenvalue weighted by molar-refractivity contribution is 0.333. The molecule has 0 aromatic rings. The van der Waals surface area contributed by atoms with Gasteiger partial charge in [0, 0.05) is 13.1 Å². The van der Waals surface area contributed by atoms with Gasteiger partial charge < -0.3 is 5.73 Å². The van der Waals surface area contributed by atoms with Crippen molar-refractivity contribution in [2.45, 2.75) is 13.8 Å².